The maximum Gasteiger partial charge on any atom is 0.0175 e. The Morgan fingerprint density at radius 3 is 2.25 bits per heavy atom. The van der Waals surface area contributed by atoms with Gasteiger partial charge in [0.2, 0.25) is 0 Å². The molecule has 90 valence electrons. The van der Waals surface area contributed by atoms with Crippen molar-refractivity contribution in [3.63, 3.8) is 0 Å². The SMILES string of the molecule is CC(C)(C)C(N)CCCc1ccc(Br)cc1. The maximum atomic E-state index is 6.13. The van der Waals surface area contributed by atoms with Crippen LogP contribution in [0.2, 0.25) is 0 Å². The molecule has 0 aliphatic rings. The molecule has 0 heterocycles. The van der Waals surface area contributed by atoms with Crippen LogP contribution in [0.4, 0.5) is 0 Å². The first-order valence-corrected chi connectivity index (χ1v) is 6.69. The minimum Gasteiger partial charge on any atom is -0.327 e. The molecule has 2 heteroatoms. The van der Waals surface area contributed by atoms with E-state index in [2.05, 4.69) is 61.0 Å². The first kappa shape index (κ1) is 13.7. The minimum absolute atomic E-state index is 0.222. The fourth-order valence-electron chi connectivity index (χ4n) is 1.61. The normalized spacial score (nSPS) is 13.8. The summed E-state index contributed by atoms with van der Waals surface area (Å²) in [6, 6.07) is 8.83. The molecular formula is C14H22BrN. The van der Waals surface area contributed by atoms with Crippen molar-refractivity contribution >= 4 is 15.9 Å². The number of halogens is 1. The third kappa shape index (κ3) is 4.67. The summed E-state index contributed by atoms with van der Waals surface area (Å²) in [6.45, 7) is 6.62. The summed E-state index contributed by atoms with van der Waals surface area (Å²) in [7, 11) is 0. The fraction of sp³-hybridized carbons (Fsp3) is 0.571. The molecule has 2 N–H and O–H groups in total. The van der Waals surface area contributed by atoms with E-state index in [0.29, 0.717) is 6.04 Å². The van der Waals surface area contributed by atoms with Crippen molar-refractivity contribution in [2.24, 2.45) is 11.1 Å². The van der Waals surface area contributed by atoms with E-state index in [1.54, 1.807) is 0 Å². The zero-order valence-electron chi connectivity index (χ0n) is 10.5. The second-order valence-electron chi connectivity index (χ2n) is 5.49. The van der Waals surface area contributed by atoms with Gasteiger partial charge in [-0.1, -0.05) is 48.8 Å². The quantitative estimate of drug-likeness (QED) is 0.883. The van der Waals surface area contributed by atoms with Crippen LogP contribution in [0.15, 0.2) is 28.7 Å². The van der Waals surface area contributed by atoms with E-state index in [0.717, 1.165) is 17.3 Å². The molecule has 0 spiro atoms. The van der Waals surface area contributed by atoms with E-state index in [9.17, 15) is 0 Å². The van der Waals surface area contributed by atoms with Gasteiger partial charge in [-0.05, 0) is 42.4 Å². The molecule has 0 amide bonds. The zero-order valence-corrected chi connectivity index (χ0v) is 12.0. The highest BCUT2D eigenvalue weighted by Crippen LogP contribution is 2.21. The third-order valence-corrected chi connectivity index (χ3v) is 3.53. The highest BCUT2D eigenvalue weighted by atomic mass is 79.9. The van der Waals surface area contributed by atoms with E-state index in [-0.39, 0.29) is 5.41 Å². The molecule has 0 radical (unpaired) electrons. The molecule has 1 aromatic carbocycles. The Bertz CT molecular complexity index is 311. The Morgan fingerprint density at radius 2 is 1.75 bits per heavy atom. The molecule has 0 saturated heterocycles. The van der Waals surface area contributed by atoms with Crippen LogP contribution in [0.5, 0.6) is 0 Å². The Kier molecular flexibility index (Phi) is 5.00. The van der Waals surface area contributed by atoms with Crippen molar-refractivity contribution < 1.29 is 0 Å². The van der Waals surface area contributed by atoms with Crippen molar-refractivity contribution in [2.45, 2.75) is 46.1 Å². The van der Waals surface area contributed by atoms with E-state index in [1.807, 2.05) is 0 Å². The summed E-state index contributed by atoms with van der Waals surface area (Å²) < 4.78 is 1.14. The first-order valence-electron chi connectivity index (χ1n) is 5.89. The van der Waals surface area contributed by atoms with Gasteiger partial charge < -0.3 is 5.73 Å². The standard InChI is InChI=1S/C14H22BrN/c1-14(2,3)13(16)6-4-5-11-7-9-12(15)10-8-11/h7-10,13H,4-6,16H2,1-3H3. The summed E-state index contributed by atoms with van der Waals surface area (Å²) in [4.78, 5) is 0. The average Bonchev–Trinajstić information content (AvgIpc) is 2.19. The van der Waals surface area contributed by atoms with Crippen molar-refractivity contribution in [1.82, 2.24) is 0 Å². The van der Waals surface area contributed by atoms with E-state index in [1.165, 1.54) is 12.0 Å². The number of hydrogen-bond donors (Lipinski definition) is 1. The lowest BCUT2D eigenvalue weighted by Crippen LogP contribution is -2.34. The monoisotopic (exact) mass is 283 g/mol. The van der Waals surface area contributed by atoms with Crippen LogP contribution in [-0.2, 0) is 6.42 Å². The van der Waals surface area contributed by atoms with Gasteiger partial charge >= 0.3 is 0 Å². The zero-order chi connectivity index (χ0) is 12.2. The molecule has 0 fully saturated rings. The second-order valence-corrected chi connectivity index (χ2v) is 6.41. The Balaban J connectivity index is 2.33. The largest absolute Gasteiger partial charge is 0.327 e. The predicted octanol–water partition coefficient (Wildman–Crippen LogP) is 4.15. The molecule has 1 unspecified atom stereocenters. The Hall–Kier alpha value is -0.340. The smallest absolute Gasteiger partial charge is 0.0175 e. The van der Waals surface area contributed by atoms with Crippen LogP contribution in [-0.4, -0.2) is 6.04 Å². The number of rotatable bonds is 4. The van der Waals surface area contributed by atoms with Crippen molar-refractivity contribution in [2.75, 3.05) is 0 Å². The lowest BCUT2D eigenvalue weighted by molar-refractivity contribution is 0.301. The molecule has 0 aromatic heterocycles. The number of hydrogen-bond acceptors (Lipinski definition) is 1. The van der Waals surface area contributed by atoms with Crippen LogP contribution in [0.1, 0.15) is 39.2 Å². The van der Waals surface area contributed by atoms with Gasteiger partial charge in [0.1, 0.15) is 0 Å². The predicted molar refractivity (Wildman–Crippen MR) is 74.5 cm³/mol. The van der Waals surface area contributed by atoms with Crippen LogP contribution in [0.25, 0.3) is 0 Å². The van der Waals surface area contributed by atoms with Crippen LogP contribution < -0.4 is 5.73 Å². The first-order chi connectivity index (χ1) is 7.39. The van der Waals surface area contributed by atoms with Gasteiger partial charge in [0, 0.05) is 10.5 Å². The van der Waals surface area contributed by atoms with Crippen molar-refractivity contribution in [3.05, 3.63) is 34.3 Å². The Labute approximate surface area is 108 Å². The van der Waals surface area contributed by atoms with Crippen molar-refractivity contribution in [3.8, 4) is 0 Å². The topological polar surface area (TPSA) is 26.0 Å². The Morgan fingerprint density at radius 1 is 1.19 bits per heavy atom. The maximum absolute atomic E-state index is 6.13. The highest BCUT2D eigenvalue weighted by Gasteiger charge is 2.19. The lowest BCUT2D eigenvalue weighted by atomic mass is 9.84. The summed E-state index contributed by atoms with van der Waals surface area (Å²) in [5.41, 5.74) is 7.75. The van der Waals surface area contributed by atoms with Gasteiger partial charge in [-0.3, -0.25) is 0 Å². The molecule has 1 nitrogen and oxygen atoms in total. The molecule has 16 heavy (non-hydrogen) atoms. The highest BCUT2D eigenvalue weighted by molar-refractivity contribution is 9.10. The van der Waals surface area contributed by atoms with E-state index in [4.69, 9.17) is 5.73 Å². The molecule has 1 aromatic rings. The molecular weight excluding hydrogens is 262 g/mol. The summed E-state index contributed by atoms with van der Waals surface area (Å²) in [6.07, 6.45) is 3.39. The van der Waals surface area contributed by atoms with E-state index >= 15 is 0 Å². The van der Waals surface area contributed by atoms with Gasteiger partial charge in [0.05, 0.1) is 0 Å². The fourth-order valence-corrected chi connectivity index (χ4v) is 1.87. The number of nitrogens with two attached hydrogens (primary N) is 1. The number of aryl methyl sites for hydroxylation is 1. The summed E-state index contributed by atoms with van der Waals surface area (Å²) in [5.74, 6) is 0. The summed E-state index contributed by atoms with van der Waals surface area (Å²) in [5, 5.41) is 0. The molecule has 1 rings (SSSR count). The molecule has 0 saturated carbocycles. The van der Waals surface area contributed by atoms with Crippen molar-refractivity contribution in [1.29, 1.82) is 0 Å². The lowest BCUT2D eigenvalue weighted by Gasteiger charge is -2.26. The van der Waals surface area contributed by atoms with Gasteiger partial charge in [-0.25, -0.2) is 0 Å². The second kappa shape index (κ2) is 5.83. The van der Waals surface area contributed by atoms with Crippen LogP contribution in [0, 0.1) is 5.41 Å². The molecule has 0 bridgehead atoms. The molecule has 0 aliphatic carbocycles. The van der Waals surface area contributed by atoms with Gasteiger partial charge in [0.25, 0.3) is 0 Å². The van der Waals surface area contributed by atoms with Crippen LogP contribution in [0.3, 0.4) is 0 Å². The van der Waals surface area contributed by atoms with E-state index < -0.39 is 0 Å². The third-order valence-electron chi connectivity index (χ3n) is 3.01. The summed E-state index contributed by atoms with van der Waals surface area (Å²) >= 11 is 3.44. The average molecular weight is 284 g/mol. The van der Waals surface area contributed by atoms with Gasteiger partial charge in [-0.2, -0.15) is 0 Å². The van der Waals surface area contributed by atoms with Gasteiger partial charge in [-0.15, -0.1) is 0 Å². The van der Waals surface area contributed by atoms with Crippen LogP contribution >= 0.6 is 15.9 Å². The number of benzene rings is 1. The molecule has 0 aliphatic heterocycles. The molecule has 1 atom stereocenters. The minimum atomic E-state index is 0.222. The van der Waals surface area contributed by atoms with Gasteiger partial charge in [0.15, 0.2) is 0 Å².